The van der Waals surface area contributed by atoms with Crippen molar-refractivity contribution in [3.05, 3.63) is 0 Å². The maximum atomic E-state index is 11.1. The Kier molecular flexibility index (Phi) is 4.28. The van der Waals surface area contributed by atoms with Crippen molar-refractivity contribution in [3.8, 4) is 0 Å². The summed E-state index contributed by atoms with van der Waals surface area (Å²) < 4.78 is -4.78. The molecule has 0 unspecified atom stereocenters. The normalized spacial score (nSPS) is 15.3. The van der Waals surface area contributed by atoms with Gasteiger partial charge in [-0.3, -0.25) is 0 Å². The molecule has 1 nitrogen and oxygen atoms in total. The molecule has 0 atom stereocenters. The van der Waals surface area contributed by atoms with E-state index in [1.165, 1.54) is 0 Å². The zero-order valence-electron chi connectivity index (χ0n) is 4.55. The fourth-order valence-corrected chi connectivity index (χ4v) is 1.45. The third kappa shape index (κ3) is 2.99. The van der Waals surface area contributed by atoms with Gasteiger partial charge in [0.15, 0.2) is 0 Å². The first-order valence-electron chi connectivity index (χ1n) is 2.03. The van der Waals surface area contributed by atoms with E-state index in [1.54, 1.807) is 0 Å². The second-order valence-electron chi connectivity index (χ2n) is 1.59. The van der Waals surface area contributed by atoms with Crippen LogP contribution in [0.4, 0.5) is 0 Å². The molecule has 0 rings (SSSR count). The van der Waals surface area contributed by atoms with Crippen LogP contribution >= 0.6 is 81.2 Å². The Bertz CT molecular complexity index is 125. The molecule has 11 heavy (non-hydrogen) atoms. The van der Waals surface area contributed by atoms with E-state index in [-0.39, 0.29) is 0 Å². The van der Waals surface area contributed by atoms with Crippen LogP contribution in [0.25, 0.3) is 0 Å². The number of hydrogen-bond donors (Lipinski definition) is 0. The lowest BCUT2D eigenvalue weighted by Gasteiger charge is -2.31. The van der Waals surface area contributed by atoms with Gasteiger partial charge in [0.1, 0.15) is 0 Å². The topological polar surface area (TPSA) is 19.9 Å². The summed E-state index contributed by atoms with van der Waals surface area (Å²) in [6.07, 6.45) is 0. The molecule has 0 aromatic rings. The predicted molar refractivity (Wildman–Crippen MR) is 49.9 cm³/mol. The molecule has 0 spiro atoms. The zero-order valence-corrected chi connectivity index (χ0v) is 9.85. The lowest BCUT2D eigenvalue weighted by molar-refractivity contribution is 0.0542. The van der Waals surface area contributed by atoms with Crippen molar-refractivity contribution < 1.29 is 5.11 Å². The quantitative estimate of drug-likeness (QED) is 0.600. The van der Waals surface area contributed by atoms with E-state index in [9.17, 15) is 5.11 Å². The molecule has 0 N–H and O–H groups in total. The Morgan fingerprint density at radius 3 is 0.818 bits per heavy atom. The third-order valence-electron chi connectivity index (χ3n) is 0.729. The largest absolute Gasteiger partial charge is 0.269 e. The molecule has 0 fully saturated rings. The van der Waals surface area contributed by atoms with Gasteiger partial charge < -0.3 is 0 Å². The van der Waals surface area contributed by atoms with Gasteiger partial charge in [0.25, 0.3) is 5.06 Å². The van der Waals surface area contributed by atoms with E-state index >= 15 is 0 Å². The minimum atomic E-state index is -2.81. The van der Waals surface area contributed by atoms with E-state index < -0.39 is 12.6 Å². The van der Waals surface area contributed by atoms with Crippen LogP contribution in [0.3, 0.4) is 0 Å². The lowest BCUT2D eigenvalue weighted by atomic mass is 10.4. The summed E-state index contributed by atoms with van der Waals surface area (Å²) >= 11 is 36.0. The van der Waals surface area contributed by atoms with Crippen molar-refractivity contribution in [2.24, 2.45) is 0 Å². The van der Waals surface area contributed by atoms with Gasteiger partial charge in [-0.05, 0) is 0 Å². The number of alkyl halides is 7. The van der Waals surface area contributed by atoms with Crippen LogP contribution in [0.1, 0.15) is 0 Å². The van der Waals surface area contributed by atoms with Crippen molar-refractivity contribution in [2.75, 3.05) is 0 Å². The van der Waals surface area contributed by atoms with E-state index in [1.807, 2.05) is 0 Å². The minimum Gasteiger partial charge on any atom is -0.202 e. The molecule has 0 saturated carbocycles. The maximum absolute atomic E-state index is 11.1. The summed E-state index contributed by atoms with van der Waals surface area (Å²) in [5.41, 5.74) is 0. The second kappa shape index (κ2) is 3.62. The Balaban J connectivity index is 4.75. The molecule has 8 heteroatoms. The van der Waals surface area contributed by atoms with Gasteiger partial charge in [0, 0.05) is 0 Å². The fraction of sp³-hybridized carbons (Fsp3) is 1.00. The van der Waals surface area contributed by atoms with E-state index in [2.05, 4.69) is 0 Å². The number of hydrogen-bond acceptors (Lipinski definition) is 0. The monoisotopic (exact) mass is 297 g/mol. The Labute approximate surface area is 98.4 Å². The lowest BCUT2D eigenvalue weighted by Crippen LogP contribution is -2.47. The Hall–Kier alpha value is 1.99. The van der Waals surface area contributed by atoms with E-state index in [0.717, 1.165) is 0 Å². The molecule has 67 valence electrons. The Morgan fingerprint density at radius 1 is 0.636 bits per heavy atom. The SMILES string of the molecule is [O]C(Cl)(C(Cl)(Cl)Cl)C(Cl)(Cl)Cl. The highest BCUT2D eigenvalue weighted by Crippen LogP contribution is 2.54. The first kappa shape index (κ1) is 13.0. The van der Waals surface area contributed by atoms with Crippen LogP contribution in [-0.2, 0) is 5.11 Å². The van der Waals surface area contributed by atoms with Gasteiger partial charge in [0.2, 0.25) is 7.59 Å². The highest BCUT2D eigenvalue weighted by atomic mass is 35.6. The van der Waals surface area contributed by atoms with Crippen LogP contribution in [0.2, 0.25) is 0 Å². The van der Waals surface area contributed by atoms with Crippen molar-refractivity contribution in [1.29, 1.82) is 0 Å². The summed E-state index contributed by atoms with van der Waals surface area (Å²) in [4.78, 5) is 0. The van der Waals surface area contributed by atoms with Crippen LogP contribution < -0.4 is 0 Å². The summed E-state index contributed by atoms with van der Waals surface area (Å²) in [5.74, 6) is 0. The van der Waals surface area contributed by atoms with Crippen molar-refractivity contribution in [3.63, 3.8) is 0 Å². The molecule has 0 amide bonds. The van der Waals surface area contributed by atoms with Crippen molar-refractivity contribution in [2.45, 2.75) is 12.6 Å². The first-order chi connectivity index (χ1) is 4.50. The summed E-state index contributed by atoms with van der Waals surface area (Å²) in [6, 6.07) is 0. The molecule has 1 radical (unpaired) electrons. The van der Waals surface area contributed by atoms with Crippen LogP contribution in [0.15, 0.2) is 0 Å². The molecule has 0 bridgehead atoms. The maximum Gasteiger partial charge on any atom is 0.269 e. The van der Waals surface area contributed by atoms with Crippen LogP contribution in [0, 0.1) is 0 Å². The second-order valence-corrected chi connectivity index (χ2v) is 6.69. The van der Waals surface area contributed by atoms with E-state index in [4.69, 9.17) is 81.2 Å². The molecule has 0 aromatic carbocycles. The van der Waals surface area contributed by atoms with Gasteiger partial charge in [-0.15, -0.1) is 0 Å². The molecular weight excluding hydrogens is 300 g/mol. The van der Waals surface area contributed by atoms with Crippen LogP contribution in [-0.4, -0.2) is 12.6 Å². The summed E-state index contributed by atoms with van der Waals surface area (Å²) in [7, 11) is 0. The van der Waals surface area contributed by atoms with Gasteiger partial charge >= 0.3 is 0 Å². The Morgan fingerprint density at radius 2 is 0.818 bits per heavy atom. The fourth-order valence-electron chi connectivity index (χ4n) is 0.161. The van der Waals surface area contributed by atoms with Crippen molar-refractivity contribution >= 4 is 81.2 Å². The number of rotatable bonds is 0. The van der Waals surface area contributed by atoms with Crippen LogP contribution in [0.5, 0.6) is 0 Å². The number of halogens is 7. The third-order valence-corrected chi connectivity index (χ3v) is 3.47. The molecule has 0 saturated heterocycles. The van der Waals surface area contributed by atoms with Crippen molar-refractivity contribution in [1.82, 2.24) is 0 Å². The summed E-state index contributed by atoms with van der Waals surface area (Å²) in [5, 5.41) is 8.31. The zero-order chi connectivity index (χ0) is 9.50. The highest BCUT2D eigenvalue weighted by molar-refractivity contribution is 6.77. The van der Waals surface area contributed by atoms with Gasteiger partial charge in [0.05, 0.1) is 0 Å². The van der Waals surface area contributed by atoms with Gasteiger partial charge in [-0.1, -0.05) is 81.2 Å². The minimum absolute atomic E-state index is 2.39. The van der Waals surface area contributed by atoms with Gasteiger partial charge in [-0.2, -0.15) is 0 Å². The first-order valence-corrected chi connectivity index (χ1v) is 4.67. The average molecular weight is 300 g/mol. The smallest absolute Gasteiger partial charge is 0.202 e. The van der Waals surface area contributed by atoms with Gasteiger partial charge in [-0.25, -0.2) is 5.11 Å². The predicted octanol–water partition coefficient (Wildman–Crippen LogP) is 4.09. The highest BCUT2D eigenvalue weighted by Gasteiger charge is 2.61. The molecule has 0 aliphatic rings. The average Bonchev–Trinajstić information content (AvgIpc) is 1.58. The molecule has 0 aliphatic heterocycles. The molecule has 0 aliphatic carbocycles. The standard InChI is InChI=1S/C3Cl7O/c4-1(11,2(5,6)7)3(8,9)10. The molecular formula is C3Cl7O. The summed E-state index contributed by atoms with van der Waals surface area (Å²) in [6.45, 7) is 0. The molecule has 0 aromatic heterocycles. The molecule has 0 heterocycles. The van der Waals surface area contributed by atoms with E-state index in [0.29, 0.717) is 0 Å².